The van der Waals surface area contributed by atoms with Crippen LogP contribution in [0, 0.1) is 5.92 Å². The van der Waals surface area contributed by atoms with Crippen LogP contribution in [0.5, 0.6) is 5.75 Å². The molecular formula is C16H21F3N2O2. The van der Waals surface area contributed by atoms with Gasteiger partial charge in [-0.2, -0.15) is 0 Å². The van der Waals surface area contributed by atoms with Gasteiger partial charge in [0.1, 0.15) is 5.75 Å². The lowest BCUT2D eigenvalue weighted by molar-refractivity contribution is -0.275. The Morgan fingerprint density at radius 1 is 1.35 bits per heavy atom. The van der Waals surface area contributed by atoms with Crippen molar-refractivity contribution in [1.82, 2.24) is 4.90 Å². The van der Waals surface area contributed by atoms with Crippen LogP contribution in [-0.2, 0) is 11.3 Å². The number of halogens is 3. The maximum absolute atomic E-state index is 12.4. The van der Waals surface area contributed by atoms with Crippen LogP contribution in [0.2, 0.25) is 0 Å². The predicted octanol–water partition coefficient (Wildman–Crippen LogP) is 3.06. The van der Waals surface area contributed by atoms with Gasteiger partial charge in [-0.05, 0) is 24.8 Å². The second-order valence-corrected chi connectivity index (χ2v) is 5.96. The number of nitrogens with two attached hydrogens (primary N) is 1. The number of rotatable bonds is 5. The Kier molecular flexibility index (Phi) is 5.51. The maximum atomic E-state index is 12.4. The zero-order valence-corrected chi connectivity index (χ0v) is 13.0. The molecule has 2 atom stereocenters. The van der Waals surface area contributed by atoms with Crippen molar-refractivity contribution in [2.75, 3.05) is 7.05 Å². The van der Waals surface area contributed by atoms with E-state index in [1.54, 1.807) is 13.1 Å². The number of benzene rings is 1. The van der Waals surface area contributed by atoms with Gasteiger partial charge in [-0.15, -0.1) is 13.2 Å². The minimum absolute atomic E-state index is 0.0354. The molecule has 1 fully saturated rings. The summed E-state index contributed by atoms with van der Waals surface area (Å²) in [5.41, 5.74) is 6.27. The summed E-state index contributed by atoms with van der Waals surface area (Å²) in [4.78, 5) is 13.7. The number of carbonyl (C=O) groups is 1. The van der Waals surface area contributed by atoms with Gasteiger partial charge < -0.3 is 15.4 Å². The Labute approximate surface area is 133 Å². The van der Waals surface area contributed by atoms with Crippen molar-refractivity contribution in [3.05, 3.63) is 29.8 Å². The summed E-state index contributed by atoms with van der Waals surface area (Å²) in [6, 6.07) is 5.88. The zero-order valence-electron chi connectivity index (χ0n) is 13.0. The van der Waals surface area contributed by atoms with Crippen molar-refractivity contribution in [1.29, 1.82) is 0 Å². The molecule has 0 aromatic heterocycles. The van der Waals surface area contributed by atoms with Crippen LogP contribution in [0.1, 0.15) is 31.2 Å². The molecule has 128 valence electrons. The number of ether oxygens (including phenoxy) is 1. The van der Waals surface area contributed by atoms with E-state index in [9.17, 15) is 18.0 Å². The molecule has 23 heavy (non-hydrogen) atoms. The van der Waals surface area contributed by atoms with Crippen molar-refractivity contribution in [3.63, 3.8) is 0 Å². The van der Waals surface area contributed by atoms with Crippen molar-refractivity contribution in [2.24, 2.45) is 11.7 Å². The molecule has 1 aromatic carbocycles. The maximum Gasteiger partial charge on any atom is 0.573 e. The first kappa shape index (κ1) is 17.6. The van der Waals surface area contributed by atoms with Gasteiger partial charge in [0.25, 0.3) is 0 Å². The zero-order chi connectivity index (χ0) is 17.0. The van der Waals surface area contributed by atoms with Gasteiger partial charge in [0.15, 0.2) is 0 Å². The minimum Gasteiger partial charge on any atom is -0.405 e. The molecule has 1 aliphatic carbocycles. The van der Waals surface area contributed by atoms with E-state index in [-0.39, 0.29) is 30.2 Å². The average Bonchev–Trinajstić information content (AvgIpc) is 2.85. The van der Waals surface area contributed by atoms with Gasteiger partial charge in [-0.25, -0.2) is 0 Å². The third kappa shape index (κ3) is 5.13. The molecule has 1 aromatic rings. The largest absolute Gasteiger partial charge is 0.573 e. The highest BCUT2D eigenvalue weighted by Gasteiger charge is 2.32. The molecule has 2 N–H and O–H groups in total. The summed E-state index contributed by atoms with van der Waals surface area (Å²) >= 11 is 0. The smallest absolute Gasteiger partial charge is 0.405 e. The fraction of sp³-hybridized carbons (Fsp3) is 0.562. The Bertz CT molecular complexity index is 548. The molecule has 0 saturated heterocycles. The first-order valence-electron chi connectivity index (χ1n) is 7.59. The van der Waals surface area contributed by atoms with E-state index >= 15 is 0 Å². The van der Waals surface area contributed by atoms with E-state index in [1.165, 1.54) is 23.1 Å². The van der Waals surface area contributed by atoms with Gasteiger partial charge in [0, 0.05) is 31.6 Å². The van der Waals surface area contributed by atoms with Gasteiger partial charge >= 0.3 is 6.36 Å². The molecular weight excluding hydrogens is 309 g/mol. The number of alkyl halides is 3. The van der Waals surface area contributed by atoms with Crippen LogP contribution >= 0.6 is 0 Å². The summed E-state index contributed by atoms with van der Waals surface area (Å²) in [5.74, 6) is -0.238. The number of hydrogen-bond donors (Lipinski definition) is 1. The molecule has 0 spiro atoms. The minimum atomic E-state index is -4.75. The predicted molar refractivity (Wildman–Crippen MR) is 79.5 cm³/mol. The molecule has 2 rings (SSSR count). The number of para-hydroxylation sites is 1. The number of carbonyl (C=O) groups excluding carboxylic acids is 1. The second-order valence-electron chi connectivity index (χ2n) is 5.96. The van der Waals surface area contributed by atoms with E-state index in [2.05, 4.69) is 4.74 Å². The van der Waals surface area contributed by atoms with E-state index in [1.807, 2.05) is 0 Å². The van der Waals surface area contributed by atoms with Crippen LogP contribution in [-0.4, -0.2) is 30.3 Å². The van der Waals surface area contributed by atoms with Crippen LogP contribution < -0.4 is 10.5 Å². The summed E-state index contributed by atoms with van der Waals surface area (Å²) < 4.78 is 41.2. The highest BCUT2D eigenvalue weighted by molar-refractivity contribution is 5.76. The second kappa shape index (κ2) is 7.21. The molecule has 7 heteroatoms. The number of amides is 1. The van der Waals surface area contributed by atoms with E-state index in [0.29, 0.717) is 12.0 Å². The van der Waals surface area contributed by atoms with Crippen molar-refractivity contribution >= 4 is 5.91 Å². The molecule has 4 nitrogen and oxygen atoms in total. The monoisotopic (exact) mass is 330 g/mol. The normalized spacial score (nSPS) is 21.3. The molecule has 0 aliphatic heterocycles. The lowest BCUT2D eigenvalue weighted by atomic mass is 9.99. The molecule has 1 aliphatic rings. The Hall–Kier alpha value is -1.76. The Balaban J connectivity index is 1.99. The van der Waals surface area contributed by atoms with E-state index in [4.69, 9.17) is 5.73 Å². The summed E-state index contributed by atoms with van der Waals surface area (Å²) in [6.45, 7) is 0.0625. The van der Waals surface area contributed by atoms with Crippen LogP contribution in [0.25, 0.3) is 0 Å². The van der Waals surface area contributed by atoms with E-state index < -0.39 is 6.36 Å². The summed E-state index contributed by atoms with van der Waals surface area (Å²) in [5, 5.41) is 0. The molecule has 0 radical (unpaired) electrons. The molecule has 0 unspecified atom stereocenters. The van der Waals surface area contributed by atoms with Gasteiger partial charge in [-0.3, -0.25) is 4.79 Å². The fourth-order valence-corrected chi connectivity index (χ4v) is 2.90. The lowest BCUT2D eigenvalue weighted by Crippen LogP contribution is -2.33. The quantitative estimate of drug-likeness (QED) is 0.903. The SMILES string of the molecule is CN(Cc1ccccc1OC(F)(F)F)C(=O)C[C@@H]1CCC[C@H]1N. The molecule has 0 bridgehead atoms. The van der Waals surface area contributed by atoms with Gasteiger partial charge in [0.05, 0.1) is 0 Å². The standard InChI is InChI=1S/C16H21F3N2O2/c1-21(15(22)9-11-6-4-7-13(11)20)10-12-5-2-3-8-14(12)23-16(17,18)19/h2-3,5,8,11,13H,4,6-7,9-10,20H2,1H3/t11-,13+/m0/s1. The third-order valence-corrected chi connectivity index (χ3v) is 4.19. The number of hydrogen-bond acceptors (Lipinski definition) is 3. The first-order valence-corrected chi connectivity index (χ1v) is 7.59. The highest BCUT2D eigenvalue weighted by Crippen LogP contribution is 2.29. The van der Waals surface area contributed by atoms with Gasteiger partial charge in [-0.1, -0.05) is 24.6 Å². The molecule has 0 heterocycles. The summed E-state index contributed by atoms with van der Waals surface area (Å²) in [6.07, 6.45) is -1.56. The van der Waals surface area contributed by atoms with Crippen molar-refractivity contribution in [2.45, 2.75) is 44.6 Å². The van der Waals surface area contributed by atoms with E-state index in [0.717, 1.165) is 19.3 Å². The Morgan fingerprint density at radius 3 is 2.65 bits per heavy atom. The topological polar surface area (TPSA) is 55.6 Å². The molecule has 1 amide bonds. The van der Waals surface area contributed by atoms with Gasteiger partial charge in [0.2, 0.25) is 5.91 Å². The van der Waals surface area contributed by atoms with Crippen LogP contribution in [0.4, 0.5) is 13.2 Å². The lowest BCUT2D eigenvalue weighted by Gasteiger charge is -2.22. The fourth-order valence-electron chi connectivity index (χ4n) is 2.90. The van der Waals surface area contributed by atoms with Crippen LogP contribution in [0.15, 0.2) is 24.3 Å². The third-order valence-electron chi connectivity index (χ3n) is 4.19. The first-order chi connectivity index (χ1) is 10.8. The van der Waals surface area contributed by atoms with Crippen LogP contribution in [0.3, 0.4) is 0 Å². The Morgan fingerprint density at radius 2 is 2.04 bits per heavy atom. The highest BCUT2D eigenvalue weighted by atomic mass is 19.4. The number of nitrogens with zero attached hydrogens (tertiary/aromatic N) is 1. The molecule has 1 saturated carbocycles. The average molecular weight is 330 g/mol. The van der Waals surface area contributed by atoms with Crippen molar-refractivity contribution in [3.8, 4) is 5.75 Å². The van der Waals surface area contributed by atoms with Crippen molar-refractivity contribution < 1.29 is 22.7 Å². The summed E-state index contributed by atoms with van der Waals surface area (Å²) in [7, 11) is 1.58.